The predicted molar refractivity (Wildman–Crippen MR) is 68.9 cm³/mol. The molecule has 15 heavy (non-hydrogen) atoms. The Morgan fingerprint density at radius 2 is 2.00 bits per heavy atom. The monoisotopic (exact) mass is 244 g/mol. The second-order valence-electron chi connectivity index (χ2n) is 3.57. The summed E-state index contributed by atoms with van der Waals surface area (Å²) < 4.78 is 0. The highest BCUT2D eigenvalue weighted by Crippen LogP contribution is 2.23. The molecule has 0 fully saturated rings. The van der Waals surface area contributed by atoms with Crippen LogP contribution in [0.2, 0.25) is 5.02 Å². The maximum absolute atomic E-state index is 9.31. The molecule has 1 aromatic rings. The van der Waals surface area contributed by atoms with E-state index in [1.54, 1.807) is 0 Å². The second kappa shape index (κ2) is 7.15. The SMILES string of the molecule is CSCCCC(CO)c1ccc(Cl)cc1. The Bertz CT molecular complexity index is 273. The summed E-state index contributed by atoms with van der Waals surface area (Å²) in [6.45, 7) is 0.218. The first-order valence-corrected chi connectivity index (χ1v) is 6.90. The Labute approximate surface area is 101 Å². The smallest absolute Gasteiger partial charge is 0.0499 e. The maximum Gasteiger partial charge on any atom is 0.0499 e. The van der Waals surface area contributed by atoms with Crippen LogP contribution < -0.4 is 0 Å². The number of hydrogen-bond donors (Lipinski definition) is 1. The van der Waals surface area contributed by atoms with Crippen LogP contribution in [0.15, 0.2) is 24.3 Å². The molecule has 1 unspecified atom stereocenters. The van der Waals surface area contributed by atoms with Crippen LogP contribution >= 0.6 is 23.4 Å². The predicted octanol–water partition coefficient (Wildman–Crippen LogP) is 3.56. The van der Waals surface area contributed by atoms with Crippen molar-refractivity contribution in [2.75, 3.05) is 18.6 Å². The standard InChI is InChI=1S/C12H17ClOS/c1-15-8-2-3-11(9-14)10-4-6-12(13)7-5-10/h4-7,11,14H,2-3,8-9H2,1H3. The Morgan fingerprint density at radius 1 is 1.33 bits per heavy atom. The highest BCUT2D eigenvalue weighted by Gasteiger charge is 2.09. The molecule has 0 bridgehead atoms. The second-order valence-corrected chi connectivity index (χ2v) is 4.99. The van der Waals surface area contributed by atoms with Crippen LogP contribution in [0.25, 0.3) is 0 Å². The largest absolute Gasteiger partial charge is 0.396 e. The number of aliphatic hydroxyl groups excluding tert-OH is 1. The van der Waals surface area contributed by atoms with Gasteiger partial charge < -0.3 is 5.11 Å². The first-order valence-electron chi connectivity index (χ1n) is 5.13. The normalized spacial score (nSPS) is 12.7. The van der Waals surface area contributed by atoms with E-state index >= 15 is 0 Å². The molecule has 84 valence electrons. The lowest BCUT2D eigenvalue weighted by atomic mass is 9.95. The van der Waals surface area contributed by atoms with Crippen molar-refractivity contribution in [1.29, 1.82) is 0 Å². The lowest BCUT2D eigenvalue weighted by Crippen LogP contribution is -2.04. The van der Waals surface area contributed by atoms with Crippen LogP contribution in [0.5, 0.6) is 0 Å². The third-order valence-electron chi connectivity index (χ3n) is 2.46. The van der Waals surface area contributed by atoms with Gasteiger partial charge in [-0.1, -0.05) is 23.7 Å². The molecule has 0 aromatic heterocycles. The van der Waals surface area contributed by atoms with E-state index in [1.807, 2.05) is 36.0 Å². The number of thioether (sulfide) groups is 1. The summed E-state index contributed by atoms with van der Waals surface area (Å²) in [4.78, 5) is 0. The van der Waals surface area contributed by atoms with E-state index in [1.165, 1.54) is 5.56 Å². The molecule has 0 aliphatic carbocycles. The zero-order valence-corrected chi connectivity index (χ0v) is 10.5. The summed E-state index contributed by atoms with van der Waals surface area (Å²) in [6, 6.07) is 7.77. The van der Waals surface area contributed by atoms with Gasteiger partial charge in [-0.3, -0.25) is 0 Å². The fraction of sp³-hybridized carbons (Fsp3) is 0.500. The molecule has 0 amide bonds. The molecule has 0 spiro atoms. The maximum atomic E-state index is 9.31. The molecule has 1 aromatic carbocycles. The van der Waals surface area contributed by atoms with Crippen molar-refractivity contribution in [2.45, 2.75) is 18.8 Å². The molecule has 0 saturated heterocycles. The third-order valence-corrected chi connectivity index (χ3v) is 3.41. The molecule has 0 heterocycles. The van der Waals surface area contributed by atoms with E-state index in [4.69, 9.17) is 11.6 Å². The van der Waals surface area contributed by atoms with Crippen molar-refractivity contribution in [3.05, 3.63) is 34.9 Å². The summed E-state index contributed by atoms with van der Waals surface area (Å²) in [5.41, 5.74) is 1.18. The van der Waals surface area contributed by atoms with Crippen molar-refractivity contribution in [3.8, 4) is 0 Å². The Kier molecular flexibility index (Phi) is 6.15. The molecule has 1 nitrogen and oxygen atoms in total. The summed E-state index contributed by atoms with van der Waals surface area (Å²) in [6.07, 6.45) is 4.30. The lowest BCUT2D eigenvalue weighted by molar-refractivity contribution is 0.259. The van der Waals surface area contributed by atoms with Gasteiger partial charge in [-0.25, -0.2) is 0 Å². The average molecular weight is 245 g/mol. The minimum atomic E-state index is 0.218. The summed E-state index contributed by atoms with van der Waals surface area (Å²) >= 11 is 7.67. The number of aliphatic hydroxyl groups is 1. The highest BCUT2D eigenvalue weighted by molar-refractivity contribution is 7.98. The number of rotatable bonds is 6. The van der Waals surface area contributed by atoms with Crippen molar-refractivity contribution < 1.29 is 5.11 Å². The number of hydrogen-bond acceptors (Lipinski definition) is 2. The molecular formula is C12H17ClOS. The van der Waals surface area contributed by atoms with E-state index in [2.05, 4.69) is 6.26 Å². The van der Waals surface area contributed by atoms with Crippen molar-refractivity contribution >= 4 is 23.4 Å². The van der Waals surface area contributed by atoms with Crippen molar-refractivity contribution in [2.24, 2.45) is 0 Å². The van der Waals surface area contributed by atoms with E-state index in [0.29, 0.717) is 0 Å². The van der Waals surface area contributed by atoms with Gasteiger partial charge in [-0.05, 0) is 42.5 Å². The van der Waals surface area contributed by atoms with Gasteiger partial charge >= 0.3 is 0 Å². The quantitative estimate of drug-likeness (QED) is 0.773. The van der Waals surface area contributed by atoms with Crippen LogP contribution in [0.3, 0.4) is 0 Å². The van der Waals surface area contributed by atoms with Gasteiger partial charge in [0.25, 0.3) is 0 Å². The summed E-state index contributed by atoms with van der Waals surface area (Å²) in [7, 11) is 0. The van der Waals surface area contributed by atoms with Gasteiger partial charge in [-0.15, -0.1) is 0 Å². The van der Waals surface area contributed by atoms with Gasteiger partial charge in [0.05, 0.1) is 0 Å². The van der Waals surface area contributed by atoms with Crippen LogP contribution in [0, 0.1) is 0 Å². The van der Waals surface area contributed by atoms with E-state index in [-0.39, 0.29) is 12.5 Å². The fourth-order valence-corrected chi connectivity index (χ4v) is 2.15. The number of halogens is 1. The van der Waals surface area contributed by atoms with Gasteiger partial charge in [-0.2, -0.15) is 11.8 Å². The molecule has 0 aliphatic rings. The third kappa shape index (κ3) is 4.45. The van der Waals surface area contributed by atoms with Gasteiger partial charge in [0, 0.05) is 17.5 Å². The van der Waals surface area contributed by atoms with Gasteiger partial charge in [0.1, 0.15) is 0 Å². The zero-order valence-electron chi connectivity index (χ0n) is 8.95. The molecule has 0 saturated carbocycles. The Hall–Kier alpha value is -0.180. The summed E-state index contributed by atoms with van der Waals surface area (Å²) in [5, 5.41) is 10.1. The molecule has 0 aliphatic heterocycles. The highest BCUT2D eigenvalue weighted by atomic mass is 35.5. The van der Waals surface area contributed by atoms with E-state index in [9.17, 15) is 5.11 Å². The van der Waals surface area contributed by atoms with Crippen LogP contribution in [0.4, 0.5) is 0 Å². The molecule has 1 rings (SSSR count). The molecule has 3 heteroatoms. The average Bonchev–Trinajstić information content (AvgIpc) is 2.26. The minimum Gasteiger partial charge on any atom is -0.396 e. The topological polar surface area (TPSA) is 20.2 Å². The van der Waals surface area contributed by atoms with E-state index in [0.717, 1.165) is 23.6 Å². The molecule has 1 atom stereocenters. The Balaban J connectivity index is 2.53. The molecule has 1 N–H and O–H groups in total. The molecular weight excluding hydrogens is 228 g/mol. The first-order chi connectivity index (χ1) is 7.27. The summed E-state index contributed by atoms with van der Waals surface area (Å²) in [5.74, 6) is 1.42. The molecule has 0 radical (unpaired) electrons. The zero-order chi connectivity index (χ0) is 11.1. The lowest BCUT2D eigenvalue weighted by Gasteiger charge is -2.14. The van der Waals surface area contributed by atoms with Crippen molar-refractivity contribution in [1.82, 2.24) is 0 Å². The van der Waals surface area contributed by atoms with Gasteiger partial charge in [0.2, 0.25) is 0 Å². The van der Waals surface area contributed by atoms with E-state index < -0.39 is 0 Å². The first kappa shape index (κ1) is 12.9. The fourth-order valence-electron chi connectivity index (χ4n) is 1.57. The minimum absolute atomic E-state index is 0.218. The van der Waals surface area contributed by atoms with Crippen LogP contribution in [-0.4, -0.2) is 23.7 Å². The Morgan fingerprint density at radius 3 is 2.53 bits per heavy atom. The van der Waals surface area contributed by atoms with Crippen LogP contribution in [0.1, 0.15) is 24.3 Å². The van der Waals surface area contributed by atoms with Crippen molar-refractivity contribution in [3.63, 3.8) is 0 Å². The van der Waals surface area contributed by atoms with Gasteiger partial charge in [0.15, 0.2) is 0 Å². The number of benzene rings is 1. The van der Waals surface area contributed by atoms with Crippen LogP contribution in [-0.2, 0) is 0 Å².